The molecule has 0 saturated carbocycles. The van der Waals surface area contributed by atoms with Crippen LogP contribution in [-0.4, -0.2) is 34.9 Å². The first-order valence-corrected chi connectivity index (χ1v) is 25.9. The highest BCUT2D eigenvalue weighted by atomic mass is 35.5. The zero-order valence-corrected chi connectivity index (χ0v) is 43.8. The number of halogens is 1. The standard InChI is InChI=1S/C26H18N2O2.C21H15ClN2O.C21H16N2O/c29-26-25(23-13-7-8-14-24(23)28(26)20-9-3-1-4-10-20)27-19-15-17-22(18-16-19)30-21-11-5-2-6-12-21;1-14-11-15(22)13-16(12-14)23-20-18-9-5-6-10-19(18)24(21(20)25)17-7-3-2-4-8-17;1-15-11-13-16(14-12-15)22-20-18-9-5-6-10-19(18)23(21(20)24)17-7-3-2-4-8-17/h1-18H;2-13H,1H3;2-14H,1H3. The van der Waals surface area contributed by atoms with Gasteiger partial charge in [-0.2, -0.15) is 0 Å². The number of aliphatic imine (C=N–C) groups is 3. The minimum atomic E-state index is -0.134. The Balaban J connectivity index is 0.000000126. The minimum Gasteiger partial charge on any atom is -0.457 e. The molecule has 382 valence electrons. The van der Waals surface area contributed by atoms with Gasteiger partial charge in [0.1, 0.15) is 28.6 Å². The molecule has 0 unspecified atom stereocenters. The molecule has 10 aromatic carbocycles. The molecule has 11 heteroatoms. The summed E-state index contributed by atoms with van der Waals surface area (Å²) in [7, 11) is 0. The van der Waals surface area contributed by atoms with E-state index in [0.717, 1.165) is 67.8 Å². The maximum absolute atomic E-state index is 13.2. The summed E-state index contributed by atoms with van der Waals surface area (Å²) >= 11 is 6.13. The van der Waals surface area contributed by atoms with Crippen molar-refractivity contribution in [3.63, 3.8) is 0 Å². The van der Waals surface area contributed by atoms with Crippen LogP contribution in [0, 0.1) is 13.8 Å². The number of amides is 3. The third-order valence-corrected chi connectivity index (χ3v) is 13.3. The van der Waals surface area contributed by atoms with Crippen LogP contribution in [0.15, 0.2) is 276 Å². The van der Waals surface area contributed by atoms with Crippen LogP contribution in [0.4, 0.5) is 51.2 Å². The third-order valence-electron chi connectivity index (χ3n) is 13.1. The van der Waals surface area contributed by atoms with Gasteiger partial charge >= 0.3 is 0 Å². The first kappa shape index (κ1) is 50.8. The van der Waals surface area contributed by atoms with Gasteiger partial charge in [0.05, 0.1) is 34.1 Å². The Morgan fingerprint density at radius 2 is 0.658 bits per heavy atom. The van der Waals surface area contributed by atoms with Gasteiger partial charge in [-0.3, -0.25) is 29.1 Å². The van der Waals surface area contributed by atoms with Crippen LogP contribution in [0.25, 0.3) is 0 Å². The lowest BCUT2D eigenvalue weighted by Crippen LogP contribution is -2.25. The van der Waals surface area contributed by atoms with Crippen LogP contribution in [-0.2, 0) is 14.4 Å². The Morgan fingerprint density at radius 1 is 0.329 bits per heavy atom. The van der Waals surface area contributed by atoms with Gasteiger partial charge < -0.3 is 4.74 Å². The number of hydrogen-bond acceptors (Lipinski definition) is 7. The van der Waals surface area contributed by atoms with Crippen LogP contribution in [0.3, 0.4) is 0 Å². The van der Waals surface area contributed by atoms with Crippen molar-refractivity contribution in [3.05, 3.63) is 294 Å². The van der Waals surface area contributed by atoms with Crippen molar-refractivity contribution < 1.29 is 19.1 Å². The fourth-order valence-corrected chi connectivity index (χ4v) is 9.71. The van der Waals surface area contributed by atoms with E-state index in [4.69, 9.17) is 16.3 Å². The van der Waals surface area contributed by atoms with E-state index in [1.165, 1.54) is 5.56 Å². The zero-order valence-electron chi connectivity index (χ0n) is 43.0. The monoisotopic (exact) mass is 1050 g/mol. The van der Waals surface area contributed by atoms with E-state index < -0.39 is 0 Å². The largest absolute Gasteiger partial charge is 0.457 e. The van der Waals surface area contributed by atoms with Crippen molar-refractivity contribution in [1.82, 2.24) is 0 Å². The van der Waals surface area contributed by atoms with Crippen molar-refractivity contribution >= 4 is 97.6 Å². The summed E-state index contributed by atoms with van der Waals surface area (Å²) in [6.45, 7) is 3.99. The number of carbonyl (C=O) groups excluding carboxylic acids is 3. The first-order chi connectivity index (χ1) is 38.7. The van der Waals surface area contributed by atoms with Gasteiger partial charge in [-0.05, 0) is 141 Å². The van der Waals surface area contributed by atoms with E-state index in [9.17, 15) is 14.4 Å². The van der Waals surface area contributed by atoms with Crippen molar-refractivity contribution in [2.45, 2.75) is 13.8 Å². The number of fused-ring (bicyclic) bond motifs is 3. The van der Waals surface area contributed by atoms with Crippen molar-refractivity contribution in [2.75, 3.05) is 14.7 Å². The summed E-state index contributed by atoms with van der Waals surface area (Å²) in [4.78, 5) is 58.4. The smallest absolute Gasteiger partial charge is 0.282 e. The van der Waals surface area contributed by atoms with E-state index in [1.54, 1.807) is 20.8 Å². The van der Waals surface area contributed by atoms with Gasteiger partial charge in [0.25, 0.3) is 17.7 Å². The average molecular weight is 1050 g/mol. The lowest BCUT2D eigenvalue weighted by molar-refractivity contribution is -0.112. The Bertz CT molecular complexity index is 3940. The second-order valence-electron chi connectivity index (χ2n) is 18.6. The van der Waals surface area contributed by atoms with E-state index in [2.05, 4.69) is 15.0 Å². The molecule has 13 rings (SSSR count). The quantitative estimate of drug-likeness (QED) is 0.151. The predicted molar refractivity (Wildman–Crippen MR) is 319 cm³/mol. The van der Waals surface area contributed by atoms with E-state index in [-0.39, 0.29) is 17.7 Å². The Kier molecular flexibility index (Phi) is 14.7. The Labute approximate surface area is 463 Å². The second-order valence-corrected chi connectivity index (χ2v) is 19.0. The zero-order chi connectivity index (χ0) is 54.2. The number of aryl methyl sites for hydroxylation is 2. The van der Waals surface area contributed by atoms with Crippen LogP contribution in [0.2, 0.25) is 5.02 Å². The van der Waals surface area contributed by atoms with Gasteiger partial charge in [-0.1, -0.05) is 157 Å². The molecule has 0 bridgehead atoms. The normalized spacial score (nSPS) is 14.6. The van der Waals surface area contributed by atoms with Gasteiger partial charge in [0.15, 0.2) is 0 Å². The van der Waals surface area contributed by atoms with Gasteiger partial charge in [-0.25, -0.2) is 15.0 Å². The number of anilines is 6. The molecule has 0 atom stereocenters. The number of carbonyl (C=O) groups is 3. The summed E-state index contributed by atoms with van der Waals surface area (Å²) in [5, 5.41) is 0.609. The Morgan fingerprint density at radius 3 is 1.05 bits per heavy atom. The maximum atomic E-state index is 13.2. The summed E-state index contributed by atoms with van der Waals surface area (Å²) in [6, 6.07) is 82.6. The van der Waals surface area contributed by atoms with E-state index in [0.29, 0.717) is 39.3 Å². The molecule has 0 fully saturated rings. The highest BCUT2D eigenvalue weighted by molar-refractivity contribution is 6.57. The van der Waals surface area contributed by atoms with Crippen LogP contribution in [0.1, 0.15) is 27.8 Å². The number of nitrogens with zero attached hydrogens (tertiary/aromatic N) is 6. The molecule has 0 aliphatic carbocycles. The molecule has 3 aliphatic heterocycles. The molecule has 3 heterocycles. The molecular formula is C68H49ClN6O4. The summed E-state index contributed by atoms with van der Waals surface area (Å²) in [5.41, 5.74) is 13.3. The van der Waals surface area contributed by atoms with Gasteiger partial charge in [0.2, 0.25) is 0 Å². The number of hydrogen-bond donors (Lipinski definition) is 0. The lowest BCUT2D eigenvalue weighted by Gasteiger charge is -2.16. The van der Waals surface area contributed by atoms with Gasteiger partial charge in [-0.15, -0.1) is 0 Å². The van der Waals surface area contributed by atoms with Crippen molar-refractivity contribution in [1.29, 1.82) is 0 Å². The van der Waals surface area contributed by atoms with Crippen molar-refractivity contribution in [3.8, 4) is 11.5 Å². The topological polar surface area (TPSA) is 107 Å². The average Bonchev–Trinajstić information content (AvgIpc) is 4.15. The summed E-state index contributed by atoms with van der Waals surface area (Å²) in [5.74, 6) is 1.13. The molecule has 10 aromatic rings. The van der Waals surface area contributed by atoms with E-state index >= 15 is 0 Å². The fourth-order valence-electron chi connectivity index (χ4n) is 9.42. The fraction of sp³-hybridized carbons (Fsp3) is 0.0294. The number of para-hydroxylation sites is 7. The van der Waals surface area contributed by atoms with E-state index in [1.807, 2.05) is 269 Å². The molecule has 10 nitrogen and oxygen atoms in total. The third kappa shape index (κ3) is 11.0. The van der Waals surface area contributed by atoms with Gasteiger partial charge in [0, 0.05) is 38.8 Å². The number of rotatable bonds is 8. The number of benzene rings is 10. The molecule has 3 amide bonds. The minimum absolute atomic E-state index is 0.0945. The highest BCUT2D eigenvalue weighted by Crippen LogP contribution is 2.40. The van der Waals surface area contributed by atoms with Crippen LogP contribution in [0.5, 0.6) is 11.5 Å². The molecule has 79 heavy (non-hydrogen) atoms. The molecular weight excluding hydrogens is 1000 g/mol. The van der Waals surface area contributed by atoms with Crippen molar-refractivity contribution in [2.24, 2.45) is 15.0 Å². The maximum Gasteiger partial charge on any atom is 0.282 e. The molecule has 0 radical (unpaired) electrons. The number of ether oxygens (including phenoxy) is 1. The van der Waals surface area contributed by atoms with Crippen LogP contribution >= 0.6 is 11.6 Å². The van der Waals surface area contributed by atoms with Crippen LogP contribution < -0.4 is 19.4 Å². The molecule has 0 aromatic heterocycles. The lowest BCUT2D eigenvalue weighted by atomic mass is 10.1. The first-order valence-electron chi connectivity index (χ1n) is 25.6. The molecule has 0 saturated heterocycles. The summed E-state index contributed by atoms with van der Waals surface area (Å²) in [6.07, 6.45) is 0. The SMILES string of the molecule is Cc1cc(Cl)cc(N=C2C(=O)N(c3ccccc3)c3ccccc32)c1.Cc1ccc(N=C2C(=O)N(c3ccccc3)c3ccccc32)cc1.O=C1C(=Nc2ccc(Oc3ccccc3)cc2)c2ccccc2N1c1ccccc1. The predicted octanol–water partition coefficient (Wildman–Crippen LogP) is 16.5. The molecule has 0 spiro atoms. The molecule has 0 N–H and O–H groups in total. The Hall–Kier alpha value is -10.3. The second kappa shape index (κ2) is 22.9. The molecule has 3 aliphatic rings. The summed E-state index contributed by atoms with van der Waals surface area (Å²) < 4.78 is 5.83. The highest BCUT2D eigenvalue weighted by Gasteiger charge is 2.37.